The van der Waals surface area contributed by atoms with E-state index in [1.54, 1.807) is 11.8 Å². The summed E-state index contributed by atoms with van der Waals surface area (Å²) in [4.78, 5) is 0. The Bertz CT molecular complexity index is 457. The molecule has 0 heterocycles. The first kappa shape index (κ1) is 14.5. The minimum Gasteiger partial charge on any atom is -0.323 e. The van der Waals surface area contributed by atoms with E-state index in [1.165, 1.54) is 11.8 Å². The summed E-state index contributed by atoms with van der Waals surface area (Å²) in [7, 11) is -2.86. The summed E-state index contributed by atoms with van der Waals surface area (Å²) in [5.41, 5.74) is 8.40. The molecule has 0 aliphatic heterocycles. The van der Waals surface area contributed by atoms with Gasteiger partial charge in [0.15, 0.2) is 0 Å². The molecule has 0 spiro atoms. The summed E-state index contributed by atoms with van der Waals surface area (Å²) in [6.45, 7) is 2.04. The average Bonchev–Trinajstić information content (AvgIpc) is 2.23. The van der Waals surface area contributed by atoms with Gasteiger partial charge in [-0.1, -0.05) is 24.3 Å². The minimum absolute atomic E-state index is 0.0271. The van der Waals surface area contributed by atoms with Gasteiger partial charge in [-0.2, -0.15) is 11.8 Å². The third-order valence-electron chi connectivity index (χ3n) is 2.48. The Morgan fingerprint density at radius 1 is 1.35 bits per heavy atom. The molecule has 1 aromatic carbocycles. The Hall–Kier alpha value is -0.520. The number of sulfone groups is 1. The molecule has 0 saturated carbocycles. The zero-order chi connectivity index (χ0) is 12.9. The van der Waals surface area contributed by atoms with Crippen LogP contribution in [0.5, 0.6) is 0 Å². The smallest absolute Gasteiger partial charge is 0.148 e. The van der Waals surface area contributed by atoms with E-state index in [9.17, 15) is 8.42 Å². The van der Waals surface area contributed by atoms with Gasteiger partial charge < -0.3 is 5.73 Å². The highest BCUT2D eigenvalue weighted by atomic mass is 32.2. The highest BCUT2D eigenvalue weighted by molar-refractivity contribution is 8.00. The van der Waals surface area contributed by atoms with E-state index in [4.69, 9.17) is 5.73 Å². The second kappa shape index (κ2) is 6.42. The van der Waals surface area contributed by atoms with E-state index in [0.29, 0.717) is 5.75 Å². The largest absolute Gasteiger partial charge is 0.323 e. The molecule has 96 valence electrons. The standard InChI is InChI=1S/C12H19NO2S2/c1-10-5-3-4-6-11(10)12(13)9-16-7-8-17(2,14)15/h3-6,12H,7-9,13H2,1-2H3. The summed E-state index contributed by atoms with van der Waals surface area (Å²) >= 11 is 1.59. The second-order valence-corrected chi connectivity index (χ2v) is 7.58. The van der Waals surface area contributed by atoms with Crippen LogP contribution in [0.25, 0.3) is 0 Å². The second-order valence-electron chi connectivity index (χ2n) is 4.17. The first-order valence-corrected chi connectivity index (χ1v) is 8.68. The number of hydrogen-bond acceptors (Lipinski definition) is 4. The lowest BCUT2D eigenvalue weighted by Gasteiger charge is -2.14. The van der Waals surface area contributed by atoms with E-state index in [2.05, 4.69) is 0 Å². The van der Waals surface area contributed by atoms with E-state index in [0.717, 1.165) is 11.3 Å². The van der Waals surface area contributed by atoms with Crippen molar-refractivity contribution in [2.24, 2.45) is 5.73 Å². The number of hydrogen-bond donors (Lipinski definition) is 1. The number of thioether (sulfide) groups is 1. The van der Waals surface area contributed by atoms with Crippen LogP contribution in [-0.2, 0) is 9.84 Å². The van der Waals surface area contributed by atoms with Crippen molar-refractivity contribution in [3.8, 4) is 0 Å². The molecule has 0 saturated heterocycles. The van der Waals surface area contributed by atoms with E-state index < -0.39 is 9.84 Å². The maximum absolute atomic E-state index is 11.0. The van der Waals surface area contributed by atoms with Crippen molar-refractivity contribution < 1.29 is 8.42 Å². The van der Waals surface area contributed by atoms with Gasteiger partial charge >= 0.3 is 0 Å². The lowest BCUT2D eigenvalue weighted by atomic mass is 10.0. The normalized spacial score (nSPS) is 13.6. The van der Waals surface area contributed by atoms with Crippen LogP contribution in [0.4, 0.5) is 0 Å². The van der Waals surface area contributed by atoms with Crippen LogP contribution >= 0.6 is 11.8 Å². The van der Waals surface area contributed by atoms with Crippen LogP contribution in [0.1, 0.15) is 17.2 Å². The van der Waals surface area contributed by atoms with Gasteiger partial charge in [0.1, 0.15) is 9.84 Å². The Morgan fingerprint density at radius 3 is 2.59 bits per heavy atom. The van der Waals surface area contributed by atoms with Crippen molar-refractivity contribution in [1.82, 2.24) is 0 Å². The molecule has 0 amide bonds. The zero-order valence-corrected chi connectivity index (χ0v) is 11.9. The molecular weight excluding hydrogens is 254 g/mol. The van der Waals surface area contributed by atoms with Gasteiger partial charge in [-0.3, -0.25) is 0 Å². The summed E-state index contributed by atoms with van der Waals surface area (Å²) in [6.07, 6.45) is 1.26. The van der Waals surface area contributed by atoms with E-state index >= 15 is 0 Å². The van der Waals surface area contributed by atoms with Crippen molar-refractivity contribution in [1.29, 1.82) is 0 Å². The Morgan fingerprint density at radius 2 is 2.00 bits per heavy atom. The topological polar surface area (TPSA) is 60.2 Å². The molecule has 0 aromatic heterocycles. The third-order valence-corrected chi connectivity index (χ3v) is 4.78. The van der Waals surface area contributed by atoms with Crippen LogP contribution < -0.4 is 5.73 Å². The van der Waals surface area contributed by atoms with Crippen LogP contribution in [0.3, 0.4) is 0 Å². The predicted octanol–water partition coefficient (Wildman–Crippen LogP) is 1.77. The Balaban J connectivity index is 2.41. The van der Waals surface area contributed by atoms with Crippen molar-refractivity contribution in [3.05, 3.63) is 35.4 Å². The summed E-state index contributed by atoms with van der Waals surface area (Å²) in [5, 5.41) is 0. The van der Waals surface area contributed by atoms with Crippen LogP contribution in [0.15, 0.2) is 24.3 Å². The Kier molecular flexibility index (Phi) is 5.49. The maximum Gasteiger partial charge on any atom is 0.148 e. The predicted molar refractivity (Wildman–Crippen MR) is 75.1 cm³/mol. The molecule has 1 aromatic rings. The fraction of sp³-hybridized carbons (Fsp3) is 0.500. The molecular formula is C12H19NO2S2. The molecule has 0 fully saturated rings. The van der Waals surface area contributed by atoms with Gasteiger partial charge in [0, 0.05) is 23.8 Å². The van der Waals surface area contributed by atoms with Crippen molar-refractivity contribution >= 4 is 21.6 Å². The summed E-state index contributed by atoms with van der Waals surface area (Å²) < 4.78 is 21.9. The molecule has 3 nitrogen and oxygen atoms in total. The van der Waals surface area contributed by atoms with Crippen molar-refractivity contribution in [3.63, 3.8) is 0 Å². The van der Waals surface area contributed by atoms with Crippen LogP contribution in [-0.4, -0.2) is 31.9 Å². The van der Waals surface area contributed by atoms with Crippen LogP contribution in [0.2, 0.25) is 0 Å². The highest BCUT2D eigenvalue weighted by Gasteiger charge is 2.09. The monoisotopic (exact) mass is 273 g/mol. The molecule has 2 N–H and O–H groups in total. The fourth-order valence-electron chi connectivity index (χ4n) is 1.51. The van der Waals surface area contributed by atoms with Gasteiger partial charge in [-0.05, 0) is 18.1 Å². The van der Waals surface area contributed by atoms with Crippen molar-refractivity contribution in [2.75, 3.05) is 23.5 Å². The molecule has 5 heteroatoms. The first-order chi connectivity index (χ1) is 7.90. The van der Waals surface area contributed by atoms with Gasteiger partial charge in [0.2, 0.25) is 0 Å². The quantitative estimate of drug-likeness (QED) is 0.803. The molecule has 17 heavy (non-hydrogen) atoms. The number of aryl methyl sites for hydroxylation is 1. The molecule has 0 bridgehead atoms. The number of nitrogens with two attached hydrogens (primary N) is 1. The van der Waals surface area contributed by atoms with Crippen molar-refractivity contribution in [2.45, 2.75) is 13.0 Å². The maximum atomic E-state index is 11.0. The Labute approximate surface area is 108 Å². The van der Waals surface area contributed by atoms with E-state index in [1.807, 2.05) is 31.2 Å². The molecule has 0 aliphatic rings. The molecule has 0 radical (unpaired) electrons. The fourth-order valence-corrected chi connectivity index (χ4v) is 3.80. The zero-order valence-electron chi connectivity index (χ0n) is 10.2. The van der Waals surface area contributed by atoms with Gasteiger partial charge in [0.25, 0.3) is 0 Å². The molecule has 1 unspecified atom stereocenters. The minimum atomic E-state index is -2.86. The van der Waals surface area contributed by atoms with Gasteiger partial charge in [0.05, 0.1) is 5.75 Å². The molecule has 0 aliphatic carbocycles. The van der Waals surface area contributed by atoms with Gasteiger partial charge in [-0.15, -0.1) is 0 Å². The summed E-state index contributed by atoms with van der Waals surface area (Å²) in [5.74, 6) is 1.58. The first-order valence-electron chi connectivity index (χ1n) is 5.47. The molecule has 1 atom stereocenters. The van der Waals surface area contributed by atoms with E-state index in [-0.39, 0.29) is 11.8 Å². The lowest BCUT2D eigenvalue weighted by molar-refractivity contribution is 0.603. The van der Waals surface area contributed by atoms with Crippen LogP contribution in [0, 0.1) is 6.92 Å². The molecule has 1 rings (SSSR count). The highest BCUT2D eigenvalue weighted by Crippen LogP contribution is 2.19. The van der Waals surface area contributed by atoms with Gasteiger partial charge in [-0.25, -0.2) is 8.42 Å². The SMILES string of the molecule is Cc1ccccc1C(N)CSCCS(C)(=O)=O. The number of benzene rings is 1. The number of rotatable bonds is 6. The lowest BCUT2D eigenvalue weighted by Crippen LogP contribution is -2.15. The summed E-state index contributed by atoms with van der Waals surface area (Å²) in [6, 6.07) is 8.00. The average molecular weight is 273 g/mol. The third kappa shape index (κ3) is 5.57.